The smallest absolute Gasteiger partial charge is 0.253 e. The normalized spacial score (nSPS) is 12.3. The Morgan fingerprint density at radius 2 is 1.90 bits per heavy atom. The number of hydrogen-bond donors (Lipinski definition) is 1. The van der Waals surface area contributed by atoms with Gasteiger partial charge in [-0.2, -0.15) is 0 Å². The highest BCUT2D eigenvalue weighted by Crippen LogP contribution is 2.15. The summed E-state index contributed by atoms with van der Waals surface area (Å²) < 4.78 is 11.0. The monoisotopic (exact) mass is 275 g/mol. The van der Waals surface area contributed by atoms with Crippen LogP contribution in [0.3, 0.4) is 0 Å². The molecule has 5 heteroatoms. The van der Waals surface area contributed by atoms with E-state index < -0.39 is 0 Å². The third-order valence-electron chi connectivity index (χ3n) is 3.13. The molecule has 2 aromatic rings. The lowest BCUT2D eigenvalue weighted by molar-refractivity contribution is 0.259. The van der Waals surface area contributed by atoms with E-state index >= 15 is 0 Å². The molecule has 108 valence electrons. The average molecular weight is 275 g/mol. The number of nitrogens with one attached hydrogen (secondary N) is 1. The van der Waals surface area contributed by atoms with E-state index in [9.17, 15) is 0 Å². The summed E-state index contributed by atoms with van der Waals surface area (Å²) >= 11 is 0. The van der Waals surface area contributed by atoms with Crippen LogP contribution in [0.25, 0.3) is 0 Å². The van der Waals surface area contributed by atoms with Gasteiger partial charge in [0.05, 0.1) is 0 Å². The molecule has 0 bridgehead atoms. The molecule has 1 aromatic heterocycles. The highest BCUT2D eigenvalue weighted by molar-refractivity contribution is 5.27. The van der Waals surface area contributed by atoms with Crippen molar-refractivity contribution in [1.82, 2.24) is 15.5 Å². The number of benzene rings is 1. The number of nitrogens with zero attached hydrogens (tertiary/aromatic N) is 2. The van der Waals surface area contributed by atoms with Gasteiger partial charge in [-0.3, -0.25) is 0 Å². The van der Waals surface area contributed by atoms with E-state index in [4.69, 9.17) is 9.15 Å². The second kappa shape index (κ2) is 7.05. The second-order valence-electron chi connectivity index (χ2n) is 4.77. The van der Waals surface area contributed by atoms with Gasteiger partial charge in [-0.25, -0.2) is 0 Å². The summed E-state index contributed by atoms with van der Waals surface area (Å²) in [6.45, 7) is 4.44. The van der Waals surface area contributed by atoms with Gasteiger partial charge in [-0.1, -0.05) is 19.1 Å². The first-order valence-electron chi connectivity index (χ1n) is 6.91. The molecular formula is C15H21N3O2. The Balaban J connectivity index is 1.87. The molecule has 1 aromatic carbocycles. The second-order valence-corrected chi connectivity index (χ2v) is 4.77. The lowest BCUT2D eigenvalue weighted by Crippen LogP contribution is -2.23. The van der Waals surface area contributed by atoms with E-state index in [1.54, 1.807) is 0 Å². The highest BCUT2D eigenvalue weighted by Gasteiger charge is 2.05. The van der Waals surface area contributed by atoms with Gasteiger partial charge in [-0.15, -0.1) is 10.2 Å². The van der Waals surface area contributed by atoms with Crippen molar-refractivity contribution in [1.29, 1.82) is 0 Å². The van der Waals surface area contributed by atoms with Gasteiger partial charge < -0.3 is 14.5 Å². The minimum absolute atomic E-state index is 0.305. The van der Waals surface area contributed by atoms with Crippen LogP contribution in [0.4, 0.5) is 0 Å². The van der Waals surface area contributed by atoms with E-state index in [0.29, 0.717) is 24.4 Å². The van der Waals surface area contributed by atoms with E-state index in [0.717, 1.165) is 18.6 Å². The van der Waals surface area contributed by atoms with Crippen molar-refractivity contribution in [3.63, 3.8) is 0 Å². The molecule has 0 saturated carbocycles. The molecule has 0 aliphatic heterocycles. The Morgan fingerprint density at radius 3 is 2.50 bits per heavy atom. The fourth-order valence-corrected chi connectivity index (χ4v) is 1.81. The number of hydrogen-bond acceptors (Lipinski definition) is 5. The van der Waals surface area contributed by atoms with Crippen LogP contribution in [0.2, 0.25) is 0 Å². The van der Waals surface area contributed by atoms with Crippen LogP contribution < -0.4 is 10.1 Å². The molecule has 0 amide bonds. The summed E-state index contributed by atoms with van der Waals surface area (Å²) in [5.41, 5.74) is 1.28. The third-order valence-corrected chi connectivity index (χ3v) is 3.13. The molecule has 20 heavy (non-hydrogen) atoms. The van der Waals surface area contributed by atoms with Crippen LogP contribution in [0, 0.1) is 0 Å². The Bertz CT molecular complexity index is 522. The Labute approximate surface area is 119 Å². The van der Waals surface area contributed by atoms with Crippen LogP contribution in [0.15, 0.2) is 28.7 Å². The molecule has 2 rings (SSSR count). The van der Waals surface area contributed by atoms with Gasteiger partial charge in [0.1, 0.15) is 5.75 Å². The topological polar surface area (TPSA) is 60.2 Å². The van der Waals surface area contributed by atoms with Crippen molar-refractivity contribution in [2.45, 2.75) is 39.3 Å². The van der Waals surface area contributed by atoms with Gasteiger partial charge >= 0.3 is 0 Å². The van der Waals surface area contributed by atoms with E-state index in [1.165, 1.54) is 5.56 Å². The molecule has 0 fully saturated rings. The summed E-state index contributed by atoms with van der Waals surface area (Å²) in [7, 11) is 1.97. The molecule has 0 aliphatic rings. The van der Waals surface area contributed by atoms with Crippen molar-refractivity contribution < 1.29 is 9.15 Å². The number of likely N-dealkylation sites (N-methyl/N-ethyl adjacent to an activating group) is 1. The van der Waals surface area contributed by atoms with E-state index in [2.05, 4.69) is 34.6 Å². The van der Waals surface area contributed by atoms with Crippen LogP contribution in [0.5, 0.6) is 5.75 Å². The van der Waals surface area contributed by atoms with Gasteiger partial charge in [0.25, 0.3) is 5.89 Å². The van der Waals surface area contributed by atoms with Gasteiger partial charge in [0, 0.05) is 12.5 Å². The van der Waals surface area contributed by atoms with Gasteiger partial charge in [-0.05, 0) is 38.1 Å². The molecule has 1 N–H and O–H groups in total. The SMILES string of the molecule is CCc1nnc(COc2ccc(CC(C)NC)cc2)o1. The molecule has 1 unspecified atom stereocenters. The van der Waals surface area contributed by atoms with Crippen molar-refractivity contribution in [3.05, 3.63) is 41.6 Å². The predicted octanol–water partition coefficient (Wildman–Crippen LogP) is 2.36. The van der Waals surface area contributed by atoms with Crippen molar-refractivity contribution in [2.24, 2.45) is 0 Å². The maximum Gasteiger partial charge on any atom is 0.253 e. The fourth-order valence-electron chi connectivity index (χ4n) is 1.81. The summed E-state index contributed by atoms with van der Waals surface area (Å²) in [6, 6.07) is 8.56. The predicted molar refractivity (Wildman–Crippen MR) is 76.7 cm³/mol. The third kappa shape index (κ3) is 4.06. The molecule has 1 atom stereocenters. The van der Waals surface area contributed by atoms with Crippen molar-refractivity contribution >= 4 is 0 Å². The number of aromatic nitrogens is 2. The Morgan fingerprint density at radius 1 is 1.20 bits per heavy atom. The number of rotatable bonds is 7. The molecule has 0 spiro atoms. The van der Waals surface area contributed by atoms with Crippen LogP contribution in [0.1, 0.15) is 31.2 Å². The zero-order valence-corrected chi connectivity index (χ0v) is 12.2. The summed E-state index contributed by atoms with van der Waals surface area (Å²) in [6.07, 6.45) is 1.74. The fraction of sp³-hybridized carbons (Fsp3) is 0.467. The van der Waals surface area contributed by atoms with Gasteiger partial charge in [0.2, 0.25) is 5.89 Å². The lowest BCUT2D eigenvalue weighted by atomic mass is 10.1. The minimum atomic E-state index is 0.305. The molecule has 0 radical (unpaired) electrons. The van der Waals surface area contributed by atoms with Crippen LogP contribution in [-0.2, 0) is 19.4 Å². The average Bonchev–Trinajstić information content (AvgIpc) is 2.94. The van der Waals surface area contributed by atoms with E-state index in [-0.39, 0.29) is 0 Å². The quantitative estimate of drug-likeness (QED) is 0.840. The number of ether oxygens (including phenoxy) is 1. The maximum atomic E-state index is 5.62. The molecule has 5 nitrogen and oxygen atoms in total. The van der Waals surface area contributed by atoms with Crippen LogP contribution in [-0.4, -0.2) is 23.3 Å². The van der Waals surface area contributed by atoms with Gasteiger partial charge in [0.15, 0.2) is 6.61 Å². The first-order chi connectivity index (χ1) is 9.71. The maximum absolute atomic E-state index is 5.62. The summed E-state index contributed by atoms with van der Waals surface area (Å²) in [4.78, 5) is 0. The largest absolute Gasteiger partial charge is 0.484 e. The standard InChI is InChI=1S/C15H21N3O2/c1-4-14-17-18-15(20-14)10-19-13-7-5-12(6-8-13)9-11(2)16-3/h5-8,11,16H,4,9-10H2,1-3H3. The zero-order valence-electron chi connectivity index (χ0n) is 12.2. The zero-order chi connectivity index (χ0) is 14.4. The first kappa shape index (κ1) is 14.5. The molecule has 0 aliphatic carbocycles. The lowest BCUT2D eigenvalue weighted by Gasteiger charge is -2.10. The van der Waals surface area contributed by atoms with Crippen LogP contribution >= 0.6 is 0 Å². The Hall–Kier alpha value is -1.88. The molecular weight excluding hydrogens is 254 g/mol. The minimum Gasteiger partial charge on any atom is -0.484 e. The summed E-state index contributed by atoms with van der Waals surface area (Å²) in [5, 5.41) is 11.0. The van der Waals surface area contributed by atoms with Crippen molar-refractivity contribution in [3.8, 4) is 5.75 Å². The van der Waals surface area contributed by atoms with E-state index in [1.807, 2.05) is 26.1 Å². The number of aryl methyl sites for hydroxylation is 1. The van der Waals surface area contributed by atoms with Crippen molar-refractivity contribution in [2.75, 3.05) is 7.05 Å². The molecule has 1 heterocycles. The Kier molecular flexibility index (Phi) is 5.12. The first-order valence-corrected chi connectivity index (χ1v) is 6.91. The summed E-state index contributed by atoms with van der Waals surface area (Å²) in [5.74, 6) is 1.96. The molecule has 0 saturated heterocycles. The highest BCUT2D eigenvalue weighted by atomic mass is 16.5.